The fourth-order valence-corrected chi connectivity index (χ4v) is 1.91. The Labute approximate surface area is 74.6 Å². The molecule has 4 nitrogen and oxygen atoms in total. The molecule has 0 aromatic carbocycles. The summed E-state index contributed by atoms with van der Waals surface area (Å²) in [5.41, 5.74) is 0.591. The third-order valence-electron chi connectivity index (χ3n) is 2.66. The predicted molar refractivity (Wildman–Crippen MR) is 41.1 cm³/mol. The van der Waals surface area contributed by atoms with Crippen molar-refractivity contribution >= 4 is 17.9 Å². The van der Waals surface area contributed by atoms with Gasteiger partial charge in [-0.15, -0.1) is 0 Å². The van der Waals surface area contributed by atoms with Crippen molar-refractivity contribution in [3.63, 3.8) is 0 Å². The number of rotatable bonds is 0. The van der Waals surface area contributed by atoms with Crippen LogP contribution in [0.2, 0.25) is 0 Å². The molecule has 1 saturated heterocycles. The number of fused-ring (bicyclic) bond motifs is 1. The summed E-state index contributed by atoms with van der Waals surface area (Å²) >= 11 is 0. The summed E-state index contributed by atoms with van der Waals surface area (Å²) in [7, 11) is 0. The normalized spacial score (nSPS) is 32.5. The van der Waals surface area contributed by atoms with Gasteiger partial charge in [0.25, 0.3) is 0 Å². The van der Waals surface area contributed by atoms with Crippen LogP contribution in [0, 0.1) is 11.8 Å². The lowest BCUT2D eigenvalue weighted by Gasteiger charge is -2.19. The summed E-state index contributed by atoms with van der Waals surface area (Å²) in [6.07, 6.45) is 1.45. The van der Waals surface area contributed by atoms with Crippen molar-refractivity contribution in [2.24, 2.45) is 11.8 Å². The zero-order valence-corrected chi connectivity index (χ0v) is 6.91. The number of allylic oxidation sites excluding steroid dienone is 1. The first-order valence-electron chi connectivity index (χ1n) is 4.20. The van der Waals surface area contributed by atoms with Crippen molar-refractivity contribution in [3.8, 4) is 0 Å². The van der Waals surface area contributed by atoms with Crippen LogP contribution in [-0.2, 0) is 19.1 Å². The van der Waals surface area contributed by atoms with Gasteiger partial charge >= 0.3 is 11.9 Å². The molecule has 2 rings (SSSR count). The Morgan fingerprint density at radius 1 is 1.23 bits per heavy atom. The number of cyclic esters (lactones) is 2. The average molecular weight is 180 g/mol. The van der Waals surface area contributed by atoms with Crippen LogP contribution >= 0.6 is 0 Å². The van der Waals surface area contributed by atoms with E-state index in [-0.39, 0.29) is 5.92 Å². The molecule has 0 N–H and O–H groups in total. The molecule has 2 fully saturated rings. The monoisotopic (exact) mass is 180 g/mol. The number of hydrogen-bond acceptors (Lipinski definition) is 4. The number of hydrogen-bond donors (Lipinski definition) is 0. The van der Waals surface area contributed by atoms with Crippen LogP contribution in [0.1, 0.15) is 19.3 Å². The maximum atomic E-state index is 11.1. The second-order valence-electron chi connectivity index (χ2n) is 3.40. The molecule has 1 heterocycles. The lowest BCUT2D eigenvalue weighted by atomic mass is 9.79. The molecule has 4 heteroatoms. The molecule has 0 bridgehead atoms. The molecule has 0 spiro atoms. The molecule has 0 radical (unpaired) electrons. The molecule has 0 aromatic rings. The molecule has 0 amide bonds. The van der Waals surface area contributed by atoms with Crippen molar-refractivity contribution in [3.05, 3.63) is 5.57 Å². The van der Waals surface area contributed by atoms with Crippen molar-refractivity contribution in [2.45, 2.75) is 19.3 Å². The van der Waals surface area contributed by atoms with Crippen molar-refractivity contribution in [1.82, 2.24) is 0 Å². The van der Waals surface area contributed by atoms with Gasteiger partial charge in [0.1, 0.15) is 5.94 Å². The fourth-order valence-electron chi connectivity index (χ4n) is 1.91. The van der Waals surface area contributed by atoms with E-state index >= 15 is 0 Å². The third-order valence-corrected chi connectivity index (χ3v) is 2.66. The van der Waals surface area contributed by atoms with E-state index in [0.29, 0.717) is 24.8 Å². The van der Waals surface area contributed by atoms with Gasteiger partial charge < -0.3 is 4.74 Å². The smallest absolute Gasteiger partial charge is 0.317 e. The average Bonchev–Trinajstić information content (AvgIpc) is 2.42. The van der Waals surface area contributed by atoms with Gasteiger partial charge in [-0.1, -0.05) is 0 Å². The van der Waals surface area contributed by atoms with Gasteiger partial charge in [-0.25, -0.2) is 4.79 Å². The Morgan fingerprint density at radius 3 is 2.62 bits per heavy atom. The molecular formula is C9H8O4. The van der Waals surface area contributed by atoms with Gasteiger partial charge in [0, 0.05) is 5.57 Å². The van der Waals surface area contributed by atoms with Crippen molar-refractivity contribution < 1.29 is 19.1 Å². The zero-order valence-electron chi connectivity index (χ0n) is 6.91. The summed E-state index contributed by atoms with van der Waals surface area (Å²) in [4.78, 5) is 32.5. The molecular weight excluding hydrogens is 172 g/mol. The van der Waals surface area contributed by atoms with Crippen LogP contribution in [0.3, 0.4) is 0 Å². The summed E-state index contributed by atoms with van der Waals surface area (Å²) in [5, 5.41) is 0. The first-order chi connectivity index (χ1) is 6.22. The highest BCUT2D eigenvalue weighted by Crippen LogP contribution is 2.38. The van der Waals surface area contributed by atoms with Crippen LogP contribution in [0.15, 0.2) is 5.57 Å². The van der Waals surface area contributed by atoms with E-state index in [1.807, 2.05) is 0 Å². The van der Waals surface area contributed by atoms with Crippen LogP contribution in [0.4, 0.5) is 0 Å². The summed E-state index contributed by atoms with van der Waals surface area (Å²) < 4.78 is 4.48. The second kappa shape index (κ2) is 2.82. The topological polar surface area (TPSA) is 60.4 Å². The second-order valence-corrected chi connectivity index (χ2v) is 3.40. The molecule has 1 saturated carbocycles. The van der Waals surface area contributed by atoms with Gasteiger partial charge in [0.15, 0.2) is 0 Å². The number of carbonyl (C=O) groups excluding carboxylic acids is 3. The highest BCUT2D eigenvalue weighted by Gasteiger charge is 2.46. The number of carbonyl (C=O) groups is 2. The van der Waals surface area contributed by atoms with Gasteiger partial charge in [-0.3, -0.25) is 9.59 Å². The van der Waals surface area contributed by atoms with Gasteiger partial charge in [0.05, 0.1) is 11.8 Å². The van der Waals surface area contributed by atoms with E-state index in [9.17, 15) is 14.4 Å². The molecule has 2 atom stereocenters. The fraction of sp³-hybridized carbons (Fsp3) is 0.556. The van der Waals surface area contributed by atoms with Crippen LogP contribution < -0.4 is 0 Å². The quantitative estimate of drug-likeness (QED) is 0.304. The van der Waals surface area contributed by atoms with E-state index in [0.717, 1.165) is 0 Å². The first-order valence-corrected chi connectivity index (χ1v) is 4.20. The molecule has 1 aliphatic heterocycles. The van der Waals surface area contributed by atoms with Gasteiger partial charge in [0.2, 0.25) is 0 Å². The van der Waals surface area contributed by atoms with Gasteiger partial charge in [-0.05, 0) is 19.3 Å². The highest BCUT2D eigenvalue weighted by molar-refractivity contribution is 5.97. The summed E-state index contributed by atoms with van der Waals surface area (Å²) in [6.45, 7) is 0. The largest absolute Gasteiger partial charge is 0.393 e. The highest BCUT2D eigenvalue weighted by atomic mass is 16.6. The van der Waals surface area contributed by atoms with Crippen molar-refractivity contribution in [1.29, 1.82) is 0 Å². The minimum atomic E-state index is -0.484. The Balaban J connectivity index is 2.24. The Morgan fingerprint density at radius 2 is 1.92 bits per heavy atom. The predicted octanol–water partition coefficient (Wildman–Crippen LogP) is 0.244. The summed E-state index contributed by atoms with van der Waals surface area (Å²) in [6, 6.07) is 0. The standard InChI is InChI=1S/C9H8O4/c10-4-5-1-2-6-7(3-5)9(12)13-8(6)11/h6-7H,1-3H2. The molecule has 1 aliphatic carbocycles. The molecule has 68 valence electrons. The lowest BCUT2D eigenvalue weighted by Crippen LogP contribution is -2.23. The third kappa shape index (κ3) is 1.19. The SMILES string of the molecule is O=C=C1CCC2C(=O)OC(=O)C2C1. The minimum Gasteiger partial charge on any atom is -0.393 e. The molecule has 2 aliphatic rings. The van der Waals surface area contributed by atoms with E-state index in [1.165, 1.54) is 0 Å². The zero-order chi connectivity index (χ0) is 9.42. The van der Waals surface area contributed by atoms with Crippen LogP contribution in [0.25, 0.3) is 0 Å². The molecule has 2 unspecified atom stereocenters. The molecule has 0 aromatic heterocycles. The van der Waals surface area contributed by atoms with E-state index in [1.54, 1.807) is 5.94 Å². The Hall–Kier alpha value is -1.41. The minimum absolute atomic E-state index is 0.315. The van der Waals surface area contributed by atoms with Gasteiger partial charge in [-0.2, -0.15) is 0 Å². The van der Waals surface area contributed by atoms with Crippen LogP contribution in [-0.4, -0.2) is 17.9 Å². The number of esters is 2. The Kier molecular flexibility index (Phi) is 1.78. The maximum absolute atomic E-state index is 11.1. The van der Waals surface area contributed by atoms with E-state index in [2.05, 4.69) is 4.74 Å². The molecule has 13 heavy (non-hydrogen) atoms. The lowest BCUT2D eigenvalue weighted by molar-refractivity contribution is -0.153. The van der Waals surface area contributed by atoms with E-state index in [4.69, 9.17) is 0 Å². The summed E-state index contributed by atoms with van der Waals surface area (Å²) in [5.74, 6) is 0.151. The van der Waals surface area contributed by atoms with Crippen LogP contribution in [0.5, 0.6) is 0 Å². The maximum Gasteiger partial charge on any atom is 0.317 e. The number of ether oxygens (including phenoxy) is 1. The van der Waals surface area contributed by atoms with E-state index < -0.39 is 17.9 Å². The Bertz CT molecular complexity index is 325. The first kappa shape index (κ1) is 8.20. The van der Waals surface area contributed by atoms with Crippen molar-refractivity contribution in [2.75, 3.05) is 0 Å².